The average molecular weight is 265 g/mol. The van der Waals surface area contributed by atoms with Gasteiger partial charge in [0.15, 0.2) is 5.75 Å². The Morgan fingerprint density at radius 3 is 2.84 bits per heavy atom. The fourth-order valence-corrected chi connectivity index (χ4v) is 1.63. The monoisotopic (exact) mass is 265 g/mol. The smallest absolute Gasteiger partial charge is 0.311 e. The third-order valence-corrected chi connectivity index (χ3v) is 2.77. The summed E-state index contributed by atoms with van der Waals surface area (Å²) in [7, 11) is 1.37. The molecule has 1 saturated carbocycles. The van der Waals surface area contributed by atoms with Crippen molar-refractivity contribution >= 4 is 17.3 Å². The normalized spacial score (nSPS) is 13.7. The second-order valence-electron chi connectivity index (χ2n) is 4.34. The van der Waals surface area contributed by atoms with Crippen molar-refractivity contribution in [1.82, 2.24) is 5.32 Å². The van der Waals surface area contributed by atoms with Gasteiger partial charge in [0.05, 0.1) is 18.6 Å². The molecule has 0 unspecified atom stereocenters. The molecule has 7 nitrogen and oxygen atoms in total. The van der Waals surface area contributed by atoms with E-state index in [0.29, 0.717) is 11.7 Å². The number of carbonyl (C=O) groups is 1. The van der Waals surface area contributed by atoms with Crippen molar-refractivity contribution in [1.29, 1.82) is 0 Å². The van der Waals surface area contributed by atoms with Crippen LogP contribution in [0.1, 0.15) is 12.8 Å². The largest absolute Gasteiger partial charge is 0.490 e. The molecule has 1 aromatic carbocycles. The van der Waals surface area contributed by atoms with Crippen LogP contribution in [0.4, 0.5) is 11.4 Å². The first-order chi connectivity index (χ1) is 9.10. The molecule has 0 spiro atoms. The predicted octanol–water partition coefficient (Wildman–Crippen LogP) is 1.29. The molecule has 0 heterocycles. The van der Waals surface area contributed by atoms with Crippen LogP contribution in [0.3, 0.4) is 0 Å². The SMILES string of the molecule is COc1cc(NCC(=O)NC2CC2)ccc1[N+](=O)[O-]. The second-order valence-corrected chi connectivity index (χ2v) is 4.34. The molecule has 0 aliphatic heterocycles. The molecule has 1 amide bonds. The van der Waals surface area contributed by atoms with E-state index in [1.54, 1.807) is 6.07 Å². The van der Waals surface area contributed by atoms with Gasteiger partial charge in [0.2, 0.25) is 5.91 Å². The number of nitro benzene ring substituents is 1. The van der Waals surface area contributed by atoms with Crippen LogP contribution in [0.25, 0.3) is 0 Å². The van der Waals surface area contributed by atoms with Gasteiger partial charge in [-0.3, -0.25) is 14.9 Å². The first-order valence-corrected chi connectivity index (χ1v) is 5.96. The third-order valence-electron chi connectivity index (χ3n) is 2.77. The summed E-state index contributed by atoms with van der Waals surface area (Å²) in [6.07, 6.45) is 2.08. The van der Waals surface area contributed by atoms with Gasteiger partial charge >= 0.3 is 5.69 Å². The Morgan fingerprint density at radius 1 is 1.53 bits per heavy atom. The van der Waals surface area contributed by atoms with Gasteiger partial charge < -0.3 is 15.4 Å². The summed E-state index contributed by atoms with van der Waals surface area (Å²) in [6.45, 7) is 0.136. The summed E-state index contributed by atoms with van der Waals surface area (Å²) >= 11 is 0. The highest BCUT2D eigenvalue weighted by atomic mass is 16.6. The molecule has 2 rings (SSSR count). The van der Waals surface area contributed by atoms with Crippen LogP contribution in [0.15, 0.2) is 18.2 Å². The number of hydrogen-bond acceptors (Lipinski definition) is 5. The number of nitrogens with zero attached hydrogens (tertiary/aromatic N) is 1. The summed E-state index contributed by atoms with van der Waals surface area (Å²) in [5.74, 6) is 0.0809. The van der Waals surface area contributed by atoms with E-state index in [0.717, 1.165) is 12.8 Å². The lowest BCUT2D eigenvalue weighted by Crippen LogP contribution is -2.31. The van der Waals surface area contributed by atoms with Gasteiger partial charge in [-0.2, -0.15) is 0 Å². The number of amides is 1. The number of methoxy groups -OCH3 is 1. The second kappa shape index (κ2) is 5.55. The molecule has 19 heavy (non-hydrogen) atoms. The first kappa shape index (κ1) is 13.1. The van der Waals surface area contributed by atoms with Crippen LogP contribution < -0.4 is 15.4 Å². The molecule has 1 aliphatic rings. The maximum Gasteiger partial charge on any atom is 0.311 e. The minimum absolute atomic E-state index is 0.0835. The Kier molecular flexibility index (Phi) is 3.84. The number of anilines is 1. The lowest BCUT2D eigenvalue weighted by molar-refractivity contribution is -0.385. The number of benzene rings is 1. The molecule has 7 heteroatoms. The molecular formula is C12H15N3O4. The average Bonchev–Trinajstić information content (AvgIpc) is 3.19. The van der Waals surface area contributed by atoms with Crippen molar-refractivity contribution in [2.24, 2.45) is 0 Å². The molecule has 0 saturated heterocycles. The molecule has 0 bridgehead atoms. The predicted molar refractivity (Wildman–Crippen MR) is 69.3 cm³/mol. The zero-order valence-corrected chi connectivity index (χ0v) is 10.5. The van der Waals surface area contributed by atoms with Crippen molar-refractivity contribution in [3.8, 4) is 5.75 Å². The van der Waals surface area contributed by atoms with Gasteiger partial charge in [0, 0.05) is 23.9 Å². The number of ether oxygens (including phenoxy) is 1. The van der Waals surface area contributed by atoms with Crippen molar-refractivity contribution in [3.05, 3.63) is 28.3 Å². The highest BCUT2D eigenvalue weighted by molar-refractivity contribution is 5.81. The molecule has 1 fully saturated rings. The zero-order chi connectivity index (χ0) is 13.8. The van der Waals surface area contributed by atoms with E-state index in [-0.39, 0.29) is 23.9 Å². The molecule has 0 aromatic heterocycles. The minimum Gasteiger partial charge on any atom is -0.490 e. The van der Waals surface area contributed by atoms with Crippen LogP contribution in [0, 0.1) is 10.1 Å². The van der Waals surface area contributed by atoms with Crippen molar-refractivity contribution in [2.75, 3.05) is 19.0 Å². The van der Waals surface area contributed by atoms with Gasteiger partial charge in [0.25, 0.3) is 0 Å². The standard InChI is InChI=1S/C12H15N3O4/c1-19-11-6-9(4-5-10(11)15(17)18)13-7-12(16)14-8-2-3-8/h4-6,8,13H,2-3,7H2,1H3,(H,14,16). The van der Waals surface area contributed by atoms with E-state index in [1.807, 2.05) is 0 Å². The summed E-state index contributed by atoms with van der Waals surface area (Å²) in [4.78, 5) is 21.7. The fourth-order valence-electron chi connectivity index (χ4n) is 1.63. The number of rotatable bonds is 6. The topological polar surface area (TPSA) is 93.5 Å². The van der Waals surface area contributed by atoms with Crippen LogP contribution in [-0.2, 0) is 4.79 Å². The van der Waals surface area contributed by atoms with Crippen LogP contribution >= 0.6 is 0 Å². The summed E-state index contributed by atoms with van der Waals surface area (Å²) in [6, 6.07) is 4.72. The molecule has 102 valence electrons. The molecule has 2 N–H and O–H groups in total. The van der Waals surface area contributed by atoms with E-state index in [9.17, 15) is 14.9 Å². The molecule has 1 aromatic rings. The van der Waals surface area contributed by atoms with E-state index in [4.69, 9.17) is 4.74 Å². The van der Waals surface area contributed by atoms with E-state index in [1.165, 1.54) is 19.2 Å². The quantitative estimate of drug-likeness (QED) is 0.597. The Morgan fingerprint density at radius 2 is 2.26 bits per heavy atom. The Bertz CT molecular complexity index is 500. The van der Waals surface area contributed by atoms with Gasteiger partial charge in [0.1, 0.15) is 0 Å². The van der Waals surface area contributed by atoms with Crippen LogP contribution in [0.5, 0.6) is 5.75 Å². The van der Waals surface area contributed by atoms with Gasteiger partial charge in [-0.1, -0.05) is 0 Å². The van der Waals surface area contributed by atoms with Crippen LogP contribution in [-0.4, -0.2) is 30.5 Å². The number of hydrogen-bond donors (Lipinski definition) is 2. The fraction of sp³-hybridized carbons (Fsp3) is 0.417. The first-order valence-electron chi connectivity index (χ1n) is 5.96. The molecule has 0 atom stereocenters. The maximum atomic E-state index is 11.5. The number of carbonyl (C=O) groups excluding carboxylic acids is 1. The number of nitrogens with one attached hydrogen (secondary N) is 2. The lowest BCUT2D eigenvalue weighted by Gasteiger charge is -2.08. The number of nitro groups is 1. The zero-order valence-electron chi connectivity index (χ0n) is 10.5. The summed E-state index contributed by atoms with van der Waals surface area (Å²) < 4.78 is 4.95. The lowest BCUT2D eigenvalue weighted by atomic mass is 10.2. The van der Waals surface area contributed by atoms with E-state index >= 15 is 0 Å². The highest BCUT2D eigenvalue weighted by Gasteiger charge is 2.23. The van der Waals surface area contributed by atoms with Crippen LogP contribution in [0.2, 0.25) is 0 Å². The van der Waals surface area contributed by atoms with Crippen molar-refractivity contribution in [2.45, 2.75) is 18.9 Å². The van der Waals surface area contributed by atoms with Gasteiger partial charge in [-0.15, -0.1) is 0 Å². The minimum atomic E-state index is -0.511. The molecular weight excluding hydrogens is 250 g/mol. The summed E-state index contributed by atoms with van der Waals surface area (Å²) in [5, 5.41) is 16.5. The van der Waals surface area contributed by atoms with E-state index < -0.39 is 4.92 Å². The highest BCUT2D eigenvalue weighted by Crippen LogP contribution is 2.29. The third kappa shape index (κ3) is 3.57. The van der Waals surface area contributed by atoms with E-state index in [2.05, 4.69) is 10.6 Å². The Labute approximate surface area is 110 Å². The van der Waals surface area contributed by atoms with Crippen molar-refractivity contribution < 1.29 is 14.5 Å². The molecule has 0 radical (unpaired) electrons. The molecule has 1 aliphatic carbocycles. The maximum absolute atomic E-state index is 11.5. The Balaban J connectivity index is 1.96. The van der Waals surface area contributed by atoms with Gasteiger partial charge in [-0.25, -0.2) is 0 Å². The van der Waals surface area contributed by atoms with Crippen molar-refractivity contribution in [3.63, 3.8) is 0 Å². The summed E-state index contributed by atoms with van der Waals surface area (Å²) in [5.41, 5.74) is 0.504. The Hall–Kier alpha value is -2.31. The van der Waals surface area contributed by atoms with Gasteiger partial charge in [-0.05, 0) is 18.9 Å².